The van der Waals surface area contributed by atoms with Gasteiger partial charge in [0.1, 0.15) is 11.6 Å². The number of benzene rings is 1. The molecular weight excluding hydrogens is 364 g/mol. The highest BCUT2D eigenvalue weighted by Crippen LogP contribution is 2.35. The van der Waals surface area contributed by atoms with Crippen molar-refractivity contribution in [3.63, 3.8) is 0 Å². The van der Waals surface area contributed by atoms with Gasteiger partial charge in [-0.05, 0) is 55.0 Å². The van der Waals surface area contributed by atoms with Crippen LogP contribution in [-0.2, 0) is 4.79 Å². The van der Waals surface area contributed by atoms with Crippen LogP contribution < -0.4 is 11.5 Å². The van der Waals surface area contributed by atoms with Crippen molar-refractivity contribution < 1.29 is 9.90 Å². The normalized spacial score (nSPS) is 21.1. The van der Waals surface area contributed by atoms with Crippen LogP contribution in [0.2, 0.25) is 0 Å². The molecule has 6 N–H and O–H groups in total. The van der Waals surface area contributed by atoms with E-state index in [4.69, 9.17) is 11.5 Å². The molecule has 29 heavy (non-hydrogen) atoms. The second kappa shape index (κ2) is 9.37. The highest BCUT2D eigenvalue weighted by molar-refractivity contribution is 5.87. The van der Waals surface area contributed by atoms with Gasteiger partial charge in [-0.15, -0.1) is 0 Å². The van der Waals surface area contributed by atoms with Crippen LogP contribution in [0.4, 0.5) is 5.82 Å². The third-order valence-corrected chi connectivity index (χ3v) is 5.80. The molecule has 0 radical (unpaired) electrons. The van der Waals surface area contributed by atoms with Crippen LogP contribution in [0, 0.1) is 11.8 Å². The topological polar surface area (TPSA) is 108 Å². The Labute approximate surface area is 171 Å². The maximum atomic E-state index is 11.4. The maximum Gasteiger partial charge on any atom is 0.245 e. The first kappa shape index (κ1) is 20.6. The molecule has 2 heterocycles. The van der Waals surface area contributed by atoms with Crippen LogP contribution in [0.25, 0.3) is 11.8 Å². The van der Waals surface area contributed by atoms with Gasteiger partial charge < -0.3 is 26.5 Å². The fourth-order valence-electron chi connectivity index (χ4n) is 4.20. The Bertz CT molecular complexity index is 873. The lowest BCUT2D eigenvalue weighted by Gasteiger charge is -2.22. The van der Waals surface area contributed by atoms with Crippen molar-refractivity contribution in [1.82, 2.24) is 9.88 Å². The number of para-hydroxylation sites is 1. The number of aromatic amines is 1. The number of rotatable bonds is 3. The third-order valence-electron chi connectivity index (χ3n) is 5.80. The third kappa shape index (κ3) is 5.02. The molecule has 2 atom stereocenters. The molecule has 2 aliphatic rings. The summed E-state index contributed by atoms with van der Waals surface area (Å²) in [5.41, 5.74) is 13.5. The van der Waals surface area contributed by atoms with Gasteiger partial charge in [-0.3, -0.25) is 4.79 Å². The van der Waals surface area contributed by atoms with Crippen LogP contribution in [0.5, 0.6) is 5.75 Å². The van der Waals surface area contributed by atoms with Crippen molar-refractivity contribution in [2.75, 3.05) is 18.8 Å². The Hall–Kier alpha value is -3.15. The molecule has 0 spiro atoms. The van der Waals surface area contributed by atoms with Gasteiger partial charge in [-0.1, -0.05) is 31.6 Å². The summed E-state index contributed by atoms with van der Waals surface area (Å²) >= 11 is 0. The number of H-pyrrole nitrogens is 1. The lowest BCUT2D eigenvalue weighted by Crippen LogP contribution is -2.26. The number of aromatic hydroxyl groups is 1. The van der Waals surface area contributed by atoms with E-state index in [0.29, 0.717) is 17.1 Å². The second-order valence-electron chi connectivity index (χ2n) is 7.72. The molecule has 2 aromatic rings. The fourth-order valence-corrected chi connectivity index (χ4v) is 4.20. The number of phenols is 1. The Morgan fingerprint density at radius 3 is 2.38 bits per heavy atom. The molecule has 2 fully saturated rings. The molecule has 1 aliphatic heterocycles. The van der Waals surface area contributed by atoms with Crippen LogP contribution in [0.1, 0.15) is 36.8 Å². The van der Waals surface area contributed by atoms with E-state index in [9.17, 15) is 9.90 Å². The number of carbonyl (C=O) groups is 1. The van der Waals surface area contributed by atoms with Crippen molar-refractivity contribution in [1.29, 1.82) is 0 Å². The van der Waals surface area contributed by atoms with Crippen molar-refractivity contribution in [3.05, 3.63) is 60.3 Å². The number of aromatic nitrogens is 1. The second-order valence-corrected chi connectivity index (χ2v) is 7.72. The zero-order valence-electron chi connectivity index (χ0n) is 16.7. The average molecular weight is 395 g/mol. The Morgan fingerprint density at radius 2 is 1.83 bits per heavy atom. The molecule has 0 unspecified atom stereocenters. The molecule has 1 saturated heterocycles. The quantitative estimate of drug-likeness (QED) is 0.597. The number of nitrogen functional groups attached to an aromatic ring is 1. The first-order chi connectivity index (χ1) is 14.0. The molecule has 0 bridgehead atoms. The van der Waals surface area contributed by atoms with Crippen molar-refractivity contribution >= 4 is 23.5 Å². The van der Waals surface area contributed by atoms with Crippen LogP contribution in [0.15, 0.2) is 49.2 Å². The summed E-state index contributed by atoms with van der Waals surface area (Å²) in [6.45, 7) is 5.49. The van der Waals surface area contributed by atoms with Crippen LogP contribution in [-0.4, -0.2) is 34.0 Å². The van der Waals surface area contributed by atoms with Crippen LogP contribution >= 0.6 is 0 Å². The average Bonchev–Trinajstić information content (AvgIpc) is 3.34. The molecular formula is C23H30N4O2. The molecule has 1 aromatic carbocycles. The minimum atomic E-state index is 0.120. The van der Waals surface area contributed by atoms with Gasteiger partial charge in [0, 0.05) is 36.1 Å². The smallest absolute Gasteiger partial charge is 0.245 e. The zero-order valence-corrected chi connectivity index (χ0v) is 16.7. The number of likely N-dealkylation sites (tertiary alicyclic amines) is 1. The van der Waals surface area contributed by atoms with Gasteiger partial charge in [0.15, 0.2) is 0 Å². The number of carbonyl (C=O) groups excluding carboxylic acids is 1. The van der Waals surface area contributed by atoms with E-state index in [2.05, 4.69) is 11.6 Å². The Balaban J connectivity index is 0.000000169. The summed E-state index contributed by atoms with van der Waals surface area (Å²) in [7, 11) is 0. The summed E-state index contributed by atoms with van der Waals surface area (Å²) in [6.07, 6.45) is 10.3. The predicted octanol–water partition coefficient (Wildman–Crippen LogP) is 3.58. The number of amides is 1. The summed E-state index contributed by atoms with van der Waals surface area (Å²) in [4.78, 5) is 16.2. The van der Waals surface area contributed by atoms with E-state index >= 15 is 0 Å². The molecule has 1 amide bonds. The number of anilines is 1. The van der Waals surface area contributed by atoms with Crippen molar-refractivity contribution in [2.24, 2.45) is 17.6 Å². The van der Waals surface area contributed by atoms with Crippen molar-refractivity contribution in [3.8, 4) is 5.75 Å². The first-order valence-electron chi connectivity index (χ1n) is 10.1. The van der Waals surface area contributed by atoms with Crippen molar-refractivity contribution in [2.45, 2.75) is 25.7 Å². The highest BCUT2D eigenvalue weighted by atomic mass is 16.3. The number of hydrogen-bond acceptors (Lipinski definition) is 4. The molecule has 1 aliphatic carbocycles. The SMILES string of the molecule is C=CC(=O)N1C[C@H]2CCCC[C@H]2C1.N/C(=C\c1cc[nH]c1N)c1ccccc1O. The Morgan fingerprint density at radius 1 is 1.17 bits per heavy atom. The van der Waals surface area contributed by atoms with E-state index in [0.717, 1.165) is 30.5 Å². The molecule has 154 valence electrons. The van der Waals surface area contributed by atoms with Gasteiger partial charge in [-0.2, -0.15) is 0 Å². The van der Waals surface area contributed by atoms with Gasteiger partial charge in [0.05, 0.1) is 0 Å². The minimum Gasteiger partial charge on any atom is -0.507 e. The Kier molecular flexibility index (Phi) is 6.65. The number of nitrogens with zero attached hydrogens (tertiary/aromatic N) is 1. The van der Waals surface area contributed by atoms with Gasteiger partial charge in [-0.25, -0.2) is 0 Å². The monoisotopic (exact) mass is 394 g/mol. The number of hydrogen-bond donors (Lipinski definition) is 4. The van der Waals surface area contributed by atoms with Gasteiger partial charge in [0.2, 0.25) is 5.91 Å². The zero-order chi connectivity index (χ0) is 20.8. The van der Waals surface area contributed by atoms with Crippen LogP contribution in [0.3, 0.4) is 0 Å². The number of nitrogens with two attached hydrogens (primary N) is 2. The molecule has 6 nitrogen and oxygen atoms in total. The molecule has 1 aromatic heterocycles. The standard InChI is InChI=1S/C12H13N3O.C11H17NO/c13-10(7-8-5-6-15-12(8)14)9-3-1-2-4-11(9)16;1-2-11(13)12-7-9-5-3-4-6-10(9)8-12/h1-7,15-16H,13-14H2;2,9-10H,1,3-8H2/b10-7-;/t;9-,10+. The minimum absolute atomic E-state index is 0.120. The number of phenolic OH excluding ortho intramolecular Hbond substituents is 1. The summed E-state index contributed by atoms with van der Waals surface area (Å²) in [6, 6.07) is 8.73. The lowest BCUT2D eigenvalue weighted by molar-refractivity contribution is -0.125. The summed E-state index contributed by atoms with van der Waals surface area (Å²) < 4.78 is 0. The first-order valence-corrected chi connectivity index (χ1v) is 10.1. The largest absolute Gasteiger partial charge is 0.507 e. The van der Waals surface area contributed by atoms with E-state index in [1.807, 2.05) is 17.0 Å². The van der Waals surface area contributed by atoms with Gasteiger partial charge >= 0.3 is 0 Å². The number of fused-ring (bicyclic) bond motifs is 1. The van der Waals surface area contributed by atoms with Gasteiger partial charge in [0.25, 0.3) is 0 Å². The number of nitrogens with one attached hydrogen (secondary N) is 1. The van der Waals surface area contributed by atoms with E-state index < -0.39 is 0 Å². The van der Waals surface area contributed by atoms with E-state index in [1.54, 1.807) is 30.5 Å². The van der Waals surface area contributed by atoms with E-state index in [1.165, 1.54) is 31.8 Å². The maximum absolute atomic E-state index is 11.4. The fraction of sp³-hybridized carbons (Fsp3) is 0.348. The highest BCUT2D eigenvalue weighted by Gasteiger charge is 2.35. The predicted molar refractivity (Wildman–Crippen MR) is 118 cm³/mol. The summed E-state index contributed by atoms with van der Waals surface area (Å²) in [5, 5.41) is 9.62. The van der Waals surface area contributed by atoms with E-state index in [-0.39, 0.29) is 11.7 Å². The summed E-state index contributed by atoms with van der Waals surface area (Å²) in [5.74, 6) is 2.41. The molecule has 1 saturated carbocycles. The lowest BCUT2D eigenvalue weighted by atomic mass is 9.82. The molecule has 6 heteroatoms. The molecule has 4 rings (SSSR count).